The summed E-state index contributed by atoms with van der Waals surface area (Å²) in [5, 5.41) is 10.3. The van der Waals surface area contributed by atoms with Gasteiger partial charge in [-0.2, -0.15) is 11.8 Å². The second-order valence-electron chi connectivity index (χ2n) is 4.17. The van der Waals surface area contributed by atoms with Crippen molar-refractivity contribution in [2.24, 2.45) is 11.1 Å². The molecule has 70 valence electrons. The van der Waals surface area contributed by atoms with Gasteiger partial charge in [-0.3, -0.25) is 0 Å². The molecule has 2 aliphatic rings. The van der Waals surface area contributed by atoms with Crippen molar-refractivity contribution in [1.82, 2.24) is 0 Å². The third-order valence-corrected chi connectivity index (χ3v) is 4.92. The summed E-state index contributed by atoms with van der Waals surface area (Å²) in [6, 6.07) is 0. The predicted molar refractivity (Wildman–Crippen MR) is 52.2 cm³/mol. The SMILES string of the molecule is NCC1(O)CCSCC12CCC2. The Balaban J connectivity index is 2.16. The molecule has 1 aliphatic carbocycles. The van der Waals surface area contributed by atoms with Crippen LogP contribution in [-0.2, 0) is 0 Å². The van der Waals surface area contributed by atoms with Gasteiger partial charge in [-0.1, -0.05) is 6.42 Å². The van der Waals surface area contributed by atoms with E-state index in [0.29, 0.717) is 6.54 Å². The minimum atomic E-state index is -0.531. The van der Waals surface area contributed by atoms with Crippen molar-refractivity contribution in [2.45, 2.75) is 31.3 Å². The molecule has 1 unspecified atom stereocenters. The van der Waals surface area contributed by atoms with Crippen LogP contribution in [0, 0.1) is 5.41 Å². The summed E-state index contributed by atoms with van der Waals surface area (Å²) in [6.07, 6.45) is 4.55. The van der Waals surface area contributed by atoms with Gasteiger partial charge in [0, 0.05) is 17.7 Å². The fourth-order valence-corrected chi connectivity index (χ4v) is 4.01. The highest BCUT2D eigenvalue weighted by atomic mass is 32.2. The first-order valence-electron chi connectivity index (χ1n) is 4.73. The maximum atomic E-state index is 10.3. The zero-order valence-electron chi connectivity index (χ0n) is 7.38. The minimum Gasteiger partial charge on any atom is -0.388 e. The van der Waals surface area contributed by atoms with Crippen molar-refractivity contribution in [3.8, 4) is 0 Å². The van der Waals surface area contributed by atoms with Crippen molar-refractivity contribution in [3.05, 3.63) is 0 Å². The van der Waals surface area contributed by atoms with Crippen molar-refractivity contribution in [1.29, 1.82) is 0 Å². The lowest BCUT2D eigenvalue weighted by atomic mass is 9.58. The van der Waals surface area contributed by atoms with Gasteiger partial charge in [0.2, 0.25) is 0 Å². The van der Waals surface area contributed by atoms with Gasteiger partial charge in [-0.05, 0) is 25.0 Å². The van der Waals surface area contributed by atoms with Crippen LogP contribution < -0.4 is 5.73 Å². The summed E-state index contributed by atoms with van der Waals surface area (Å²) in [5.74, 6) is 2.20. The fourth-order valence-electron chi connectivity index (χ4n) is 2.44. The van der Waals surface area contributed by atoms with Crippen LogP contribution in [0.25, 0.3) is 0 Å². The molecular formula is C9H17NOS. The Hall–Kier alpha value is 0.270. The van der Waals surface area contributed by atoms with E-state index in [1.807, 2.05) is 11.8 Å². The lowest BCUT2D eigenvalue weighted by Gasteiger charge is -2.55. The molecule has 12 heavy (non-hydrogen) atoms. The smallest absolute Gasteiger partial charge is 0.0840 e. The fraction of sp³-hybridized carbons (Fsp3) is 1.00. The Kier molecular flexibility index (Phi) is 2.13. The van der Waals surface area contributed by atoms with Crippen molar-refractivity contribution < 1.29 is 5.11 Å². The molecule has 1 spiro atoms. The minimum absolute atomic E-state index is 0.199. The molecule has 1 saturated heterocycles. The van der Waals surface area contributed by atoms with Gasteiger partial charge in [-0.25, -0.2) is 0 Å². The second-order valence-corrected chi connectivity index (χ2v) is 5.28. The van der Waals surface area contributed by atoms with E-state index in [4.69, 9.17) is 5.73 Å². The highest BCUT2D eigenvalue weighted by Crippen LogP contribution is 2.54. The number of thioether (sulfide) groups is 1. The monoisotopic (exact) mass is 187 g/mol. The molecule has 2 nitrogen and oxygen atoms in total. The summed E-state index contributed by atoms with van der Waals surface area (Å²) in [6.45, 7) is 0.452. The van der Waals surface area contributed by atoms with Crippen LogP contribution in [0.3, 0.4) is 0 Å². The largest absolute Gasteiger partial charge is 0.388 e. The molecule has 0 radical (unpaired) electrons. The number of nitrogens with two attached hydrogens (primary N) is 1. The van der Waals surface area contributed by atoms with Gasteiger partial charge in [0.25, 0.3) is 0 Å². The molecule has 0 aromatic heterocycles. The Morgan fingerprint density at radius 3 is 2.50 bits per heavy atom. The van der Waals surface area contributed by atoms with Gasteiger partial charge in [-0.15, -0.1) is 0 Å². The first-order valence-corrected chi connectivity index (χ1v) is 5.88. The normalized spacial score (nSPS) is 39.5. The number of hydrogen-bond acceptors (Lipinski definition) is 3. The average molecular weight is 187 g/mol. The van der Waals surface area contributed by atoms with E-state index in [2.05, 4.69) is 0 Å². The molecule has 0 bridgehead atoms. The molecule has 2 rings (SSSR count). The average Bonchev–Trinajstić information content (AvgIpc) is 2.02. The molecular weight excluding hydrogens is 170 g/mol. The third-order valence-electron chi connectivity index (χ3n) is 3.67. The highest BCUT2D eigenvalue weighted by Gasteiger charge is 2.54. The van der Waals surface area contributed by atoms with Gasteiger partial charge in [0.15, 0.2) is 0 Å². The summed E-state index contributed by atoms with van der Waals surface area (Å²) >= 11 is 1.98. The maximum absolute atomic E-state index is 10.3. The topological polar surface area (TPSA) is 46.2 Å². The van der Waals surface area contributed by atoms with Crippen LogP contribution in [0.2, 0.25) is 0 Å². The summed E-state index contributed by atoms with van der Waals surface area (Å²) < 4.78 is 0. The van der Waals surface area contributed by atoms with E-state index < -0.39 is 5.60 Å². The Morgan fingerprint density at radius 2 is 2.08 bits per heavy atom. The molecule has 3 N–H and O–H groups in total. The highest BCUT2D eigenvalue weighted by molar-refractivity contribution is 7.99. The van der Waals surface area contributed by atoms with E-state index in [1.165, 1.54) is 19.3 Å². The van der Waals surface area contributed by atoms with Crippen LogP contribution in [-0.4, -0.2) is 28.8 Å². The van der Waals surface area contributed by atoms with Crippen molar-refractivity contribution >= 4 is 11.8 Å². The summed E-state index contributed by atoms with van der Waals surface area (Å²) in [4.78, 5) is 0. The van der Waals surface area contributed by atoms with Crippen molar-refractivity contribution in [2.75, 3.05) is 18.1 Å². The van der Waals surface area contributed by atoms with E-state index in [0.717, 1.165) is 17.9 Å². The van der Waals surface area contributed by atoms with Crippen LogP contribution in [0.4, 0.5) is 0 Å². The van der Waals surface area contributed by atoms with E-state index in [1.54, 1.807) is 0 Å². The molecule has 0 aromatic carbocycles. The molecule has 2 fully saturated rings. The third kappa shape index (κ3) is 1.03. The molecule has 1 atom stereocenters. The predicted octanol–water partition coefficient (Wildman–Crippen LogP) is 0.983. The van der Waals surface area contributed by atoms with Crippen LogP contribution in [0.5, 0.6) is 0 Å². The second kappa shape index (κ2) is 2.89. The van der Waals surface area contributed by atoms with Gasteiger partial charge >= 0.3 is 0 Å². The summed E-state index contributed by atoms with van der Waals surface area (Å²) in [5.41, 5.74) is 5.33. The number of hydrogen-bond donors (Lipinski definition) is 2. The molecule has 1 saturated carbocycles. The summed E-state index contributed by atoms with van der Waals surface area (Å²) in [7, 11) is 0. The molecule has 0 amide bonds. The Labute approximate surface area is 77.9 Å². The van der Waals surface area contributed by atoms with Gasteiger partial charge < -0.3 is 10.8 Å². The number of rotatable bonds is 1. The Bertz CT molecular complexity index is 170. The molecule has 1 heterocycles. The lowest BCUT2D eigenvalue weighted by molar-refractivity contribution is -0.112. The lowest BCUT2D eigenvalue weighted by Crippen LogP contribution is -2.60. The molecule has 3 heteroatoms. The van der Waals surface area contributed by atoms with E-state index >= 15 is 0 Å². The molecule has 1 aliphatic heterocycles. The van der Waals surface area contributed by atoms with Crippen LogP contribution in [0.15, 0.2) is 0 Å². The van der Waals surface area contributed by atoms with Crippen molar-refractivity contribution in [3.63, 3.8) is 0 Å². The maximum Gasteiger partial charge on any atom is 0.0840 e. The number of aliphatic hydroxyl groups is 1. The quantitative estimate of drug-likeness (QED) is 0.643. The van der Waals surface area contributed by atoms with Crippen LogP contribution >= 0.6 is 11.8 Å². The first kappa shape index (κ1) is 8.85. The zero-order valence-corrected chi connectivity index (χ0v) is 8.20. The first-order chi connectivity index (χ1) is 5.72. The van der Waals surface area contributed by atoms with Gasteiger partial charge in [0.05, 0.1) is 5.60 Å². The van der Waals surface area contributed by atoms with E-state index in [-0.39, 0.29) is 5.41 Å². The standard InChI is InChI=1S/C9H17NOS/c10-6-9(11)4-5-12-7-8(9)2-1-3-8/h11H,1-7,10H2. The zero-order chi connectivity index (χ0) is 8.66. The van der Waals surface area contributed by atoms with Gasteiger partial charge in [0.1, 0.15) is 0 Å². The van der Waals surface area contributed by atoms with Crippen LogP contribution in [0.1, 0.15) is 25.7 Å². The van der Waals surface area contributed by atoms with E-state index in [9.17, 15) is 5.11 Å². The molecule has 0 aromatic rings. The Morgan fingerprint density at radius 1 is 1.33 bits per heavy atom.